The quantitative estimate of drug-likeness (QED) is 0.234. The molecule has 1 radical (unpaired) electrons. The Morgan fingerprint density at radius 2 is 1.89 bits per heavy atom. The summed E-state index contributed by atoms with van der Waals surface area (Å²) in [5.41, 5.74) is 0. The third-order valence-corrected chi connectivity index (χ3v) is 1.13. The van der Waals surface area contributed by atoms with E-state index in [0.717, 1.165) is 6.54 Å². The first-order chi connectivity index (χ1) is 3.72. The van der Waals surface area contributed by atoms with Crippen LogP contribution >= 0.6 is 0 Å². The van der Waals surface area contributed by atoms with Crippen molar-refractivity contribution in [1.82, 2.24) is 10.0 Å². The van der Waals surface area contributed by atoms with Crippen LogP contribution in [-0.4, -0.2) is 37.0 Å². The van der Waals surface area contributed by atoms with Crippen LogP contribution in [0.25, 0.3) is 0 Å². The average molecular weight is 203 g/mol. The topological polar surface area (TPSA) is 30.3 Å². The van der Waals surface area contributed by atoms with Gasteiger partial charge in [-0.3, -0.25) is 11.3 Å². The Morgan fingerprint density at radius 1 is 1.44 bits per heavy atom. The second kappa shape index (κ2) is 6.65. The van der Waals surface area contributed by atoms with Crippen molar-refractivity contribution in [3.8, 4) is 0 Å². The van der Waals surface area contributed by atoms with Gasteiger partial charge in [-0.2, -0.15) is 0 Å². The Bertz CT molecular complexity index is 76.6. The van der Waals surface area contributed by atoms with E-state index in [2.05, 4.69) is 6.34 Å². The molecule has 9 heavy (non-hydrogen) atoms. The molecule has 0 saturated carbocycles. The van der Waals surface area contributed by atoms with Crippen LogP contribution in [0.3, 0.4) is 0 Å². The van der Waals surface area contributed by atoms with E-state index < -0.39 is 0 Å². The van der Waals surface area contributed by atoms with Crippen molar-refractivity contribution in [2.45, 2.75) is 6.92 Å². The van der Waals surface area contributed by atoms with E-state index in [1.54, 1.807) is 12.1 Å². The summed E-state index contributed by atoms with van der Waals surface area (Å²) in [6, 6.07) is 0. The van der Waals surface area contributed by atoms with Crippen LogP contribution in [-0.2, 0) is 32.7 Å². The Labute approximate surface area is 81.8 Å². The van der Waals surface area contributed by atoms with Crippen molar-refractivity contribution in [3.63, 3.8) is 0 Å². The monoisotopic (exact) mass is 203 g/mol. The molecule has 0 unspecified atom stereocenters. The smallest absolute Gasteiger partial charge is 0.0120 e. The summed E-state index contributed by atoms with van der Waals surface area (Å²) >= 11 is 0. The molecule has 0 atom stereocenters. The minimum Gasteiger partial charge on any atom is -0.497 e. The third kappa shape index (κ3) is 5.00. The van der Waals surface area contributed by atoms with Crippen LogP contribution in [0.1, 0.15) is 6.92 Å². The minimum atomic E-state index is 0. The van der Waals surface area contributed by atoms with E-state index in [0.29, 0.717) is 0 Å². The zero-order valence-corrected chi connectivity index (χ0v) is 9.02. The summed E-state index contributed by atoms with van der Waals surface area (Å²) in [4.78, 5) is 0. The Hall–Kier alpha value is 0.534. The molecule has 0 aromatic heterocycles. The number of nitrogens with zero attached hydrogens (tertiary/aromatic N) is 2. The van der Waals surface area contributed by atoms with Crippen LogP contribution < -0.4 is 0 Å². The summed E-state index contributed by atoms with van der Waals surface area (Å²) in [6.07, 6.45) is 2.22. The van der Waals surface area contributed by atoms with Gasteiger partial charge in [0.25, 0.3) is 0 Å². The summed E-state index contributed by atoms with van der Waals surface area (Å²) in [5, 5.41) is 10.2. The summed E-state index contributed by atoms with van der Waals surface area (Å²) < 4.78 is 0. The van der Waals surface area contributed by atoms with Crippen molar-refractivity contribution < 1.29 is 32.7 Å². The largest absolute Gasteiger partial charge is 0.497 e. The van der Waals surface area contributed by atoms with E-state index in [1.807, 2.05) is 19.0 Å². The van der Waals surface area contributed by atoms with Gasteiger partial charge < -0.3 is 10.4 Å². The van der Waals surface area contributed by atoms with Gasteiger partial charge in [-0.1, -0.05) is 6.92 Å². The van der Waals surface area contributed by atoms with Crippen molar-refractivity contribution in [3.05, 3.63) is 0 Å². The van der Waals surface area contributed by atoms with Gasteiger partial charge in [-0.05, 0) is 7.05 Å². The van der Waals surface area contributed by atoms with Crippen LogP contribution in [0.5, 0.6) is 0 Å². The Morgan fingerprint density at radius 3 is 2.00 bits per heavy atom. The molecule has 1 N–H and O–H groups in total. The van der Waals surface area contributed by atoms with Crippen LogP contribution in [0.2, 0.25) is 0 Å². The predicted octanol–water partition coefficient (Wildman–Crippen LogP) is 0.266. The maximum atomic E-state index is 6.68. The molecule has 0 spiro atoms. The molecule has 0 aliphatic rings. The zero-order valence-electron chi connectivity index (χ0n) is 6.18. The van der Waals surface area contributed by atoms with E-state index >= 15 is 0 Å². The van der Waals surface area contributed by atoms with Crippen molar-refractivity contribution in [1.29, 1.82) is 5.41 Å². The zero-order chi connectivity index (χ0) is 6.57. The number of hydrogen-bond donors (Lipinski definition) is 1. The molecule has 4 heteroatoms. The van der Waals surface area contributed by atoms with Crippen LogP contribution in [0.15, 0.2) is 0 Å². The second-order valence-corrected chi connectivity index (χ2v) is 1.61. The fourth-order valence-corrected chi connectivity index (χ4v) is 0.297. The first-order valence-electron chi connectivity index (χ1n) is 2.59. The van der Waals surface area contributed by atoms with Gasteiger partial charge >= 0.3 is 0 Å². The molecule has 0 saturated heterocycles. The molecule has 0 aromatic rings. The molecule has 0 fully saturated rings. The molecule has 0 heterocycles. The fraction of sp³-hybridized carbons (Fsp3) is 0.800. The summed E-state index contributed by atoms with van der Waals surface area (Å²) in [7, 11) is 3.69. The van der Waals surface area contributed by atoms with E-state index in [1.165, 1.54) is 0 Å². The van der Waals surface area contributed by atoms with E-state index in [-0.39, 0.29) is 32.7 Å². The van der Waals surface area contributed by atoms with Crippen LogP contribution in [0, 0.1) is 5.41 Å². The normalized spacial score (nSPS) is 8.44. The average Bonchev–Trinajstić information content (AvgIpc) is 1.84. The Balaban J connectivity index is 0. The first-order valence-corrected chi connectivity index (χ1v) is 2.59. The van der Waals surface area contributed by atoms with Gasteiger partial charge in [-0.25, -0.2) is 0 Å². The molecular weight excluding hydrogens is 191 g/mol. The molecule has 3 nitrogen and oxygen atoms in total. The van der Waals surface area contributed by atoms with E-state index in [9.17, 15) is 0 Å². The molecule has 0 aliphatic carbocycles. The second-order valence-electron chi connectivity index (χ2n) is 1.61. The molecule has 0 aromatic carbocycles. The van der Waals surface area contributed by atoms with Gasteiger partial charge in [0.1, 0.15) is 0 Å². The van der Waals surface area contributed by atoms with Gasteiger partial charge in [0.2, 0.25) is 0 Å². The van der Waals surface area contributed by atoms with Gasteiger partial charge in [0.05, 0.1) is 0 Å². The number of nitrogens with one attached hydrogen (secondary N) is 1. The van der Waals surface area contributed by atoms with Gasteiger partial charge in [-0.15, -0.1) is 0 Å². The van der Waals surface area contributed by atoms with Crippen molar-refractivity contribution in [2.75, 3.05) is 20.6 Å². The van der Waals surface area contributed by atoms with Gasteiger partial charge in [0.15, 0.2) is 0 Å². The molecule has 0 aliphatic heterocycles. The minimum absolute atomic E-state index is 0. The van der Waals surface area contributed by atoms with Crippen molar-refractivity contribution >= 4 is 6.34 Å². The SMILES string of the molecule is CCN(C)N(C)[C-]=N.[Y]. The summed E-state index contributed by atoms with van der Waals surface area (Å²) in [6.45, 7) is 2.93. The first kappa shape index (κ1) is 12.2. The van der Waals surface area contributed by atoms with Gasteiger partial charge in [0, 0.05) is 46.3 Å². The van der Waals surface area contributed by atoms with Crippen LogP contribution in [0.4, 0.5) is 0 Å². The number of hydrazine groups is 1. The molecule has 0 bridgehead atoms. The number of hydrogen-bond acceptors (Lipinski definition) is 2. The molecule has 0 amide bonds. The standard InChI is InChI=1S/C5H12N3.Y/c1-4-7(2)8(3)5-6;/h6H,4H2,1-3H3;/q-1;. The predicted molar refractivity (Wildman–Crippen MR) is 33.8 cm³/mol. The maximum Gasteiger partial charge on any atom is 0.0120 e. The molecule has 0 rings (SSSR count). The molecular formula is C5H12N3Y-. The fourth-order valence-electron chi connectivity index (χ4n) is 0.297. The Kier molecular flexibility index (Phi) is 9.04. The summed E-state index contributed by atoms with van der Waals surface area (Å²) in [5.74, 6) is 0. The number of rotatable bonds is 3. The molecule has 51 valence electrons. The maximum absolute atomic E-state index is 6.68. The third-order valence-electron chi connectivity index (χ3n) is 1.13. The van der Waals surface area contributed by atoms with E-state index in [4.69, 9.17) is 5.41 Å². The van der Waals surface area contributed by atoms with Crippen molar-refractivity contribution in [2.24, 2.45) is 0 Å².